The minimum Gasteiger partial charge on any atom is -0.507 e. The summed E-state index contributed by atoms with van der Waals surface area (Å²) in [6.07, 6.45) is 0. The summed E-state index contributed by atoms with van der Waals surface area (Å²) in [5, 5.41) is 18.3. The highest BCUT2D eigenvalue weighted by molar-refractivity contribution is 5.48. The predicted molar refractivity (Wildman–Crippen MR) is 46.5 cm³/mol. The molecule has 13 heavy (non-hydrogen) atoms. The lowest BCUT2D eigenvalue weighted by molar-refractivity contribution is 0.275. The van der Waals surface area contributed by atoms with Gasteiger partial charge in [0.15, 0.2) is 0 Å². The van der Waals surface area contributed by atoms with Crippen molar-refractivity contribution >= 4 is 0 Å². The lowest BCUT2D eigenvalue weighted by atomic mass is 10.1. The number of aliphatic hydroxyl groups excluding tert-OH is 1. The summed E-state index contributed by atoms with van der Waals surface area (Å²) in [7, 11) is 0. The molecule has 0 aromatic heterocycles. The van der Waals surface area contributed by atoms with Gasteiger partial charge >= 0.3 is 0 Å². The number of nitrogens with two attached hydrogens (primary N) is 1. The fraction of sp³-hybridized carbons (Fsp3) is 0.333. The van der Waals surface area contributed by atoms with Gasteiger partial charge in [0, 0.05) is 17.2 Å². The Kier molecular flexibility index (Phi) is 1.86. The second-order valence-corrected chi connectivity index (χ2v) is 3.09. The lowest BCUT2D eigenvalue weighted by Gasteiger charge is -2.05. The number of fused-ring (bicyclic) bond motifs is 1. The van der Waals surface area contributed by atoms with E-state index in [1.807, 2.05) is 0 Å². The zero-order valence-corrected chi connectivity index (χ0v) is 7.03. The molecule has 70 valence electrons. The lowest BCUT2D eigenvalue weighted by Crippen LogP contribution is -2.10. The number of ether oxygens (including phenoxy) is 1. The van der Waals surface area contributed by atoms with Crippen molar-refractivity contribution in [2.24, 2.45) is 5.73 Å². The van der Waals surface area contributed by atoms with E-state index >= 15 is 0 Å². The van der Waals surface area contributed by atoms with Gasteiger partial charge in [-0.1, -0.05) is 0 Å². The number of hydrogen-bond acceptors (Lipinski definition) is 4. The molecule has 0 saturated heterocycles. The second kappa shape index (κ2) is 2.90. The average Bonchev–Trinajstić information content (AvgIpc) is 2.46. The molecule has 1 aliphatic rings. The first-order valence-corrected chi connectivity index (χ1v) is 4.07. The van der Waals surface area contributed by atoms with Gasteiger partial charge in [0.2, 0.25) is 0 Å². The van der Waals surface area contributed by atoms with Crippen LogP contribution in [0.3, 0.4) is 0 Å². The normalized spacial score (nSPS) is 19.7. The number of aromatic hydroxyl groups is 1. The molecule has 0 amide bonds. The van der Waals surface area contributed by atoms with E-state index < -0.39 is 0 Å². The fourth-order valence-corrected chi connectivity index (χ4v) is 1.44. The van der Waals surface area contributed by atoms with Gasteiger partial charge in [0.25, 0.3) is 0 Å². The minimum atomic E-state index is -0.189. The number of benzene rings is 1. The van der Waals surface area contributed by atoms with E-state index in [1.165, 1.54) is 6.07 Å². The Hall–Kier alpha value is -1.26. The highest BCUT2D eigenvalue weighted by Gasteiger charge is 2.22. The summed E-state index contributed by atoms with van der Waals surface area (Å²) in [6.45, 7) is 0.246. The van der Waals surface area contributed by atoms with Crippen molar-refractivity contribution < 1.29 is 14.9 Å². The summed E-state index contributed by atoms with van der Waals surface area (Å²) >= 11 is 0. The molecule has 1 aromatic carbocycles. The topological polar surface area (TPSA) is 75.7 Å². The monoisotopic (exact) mass is 181 g/mol. The van der Waals surface area contributed by atoms with E-state index in [2.05, 4.69) is 0 Å². The molecule has 2 rings (SSSR count). The van der Waals surface area contributed by atoms with E-state index in [0.29, 0.717) is 17.9 Å². The zero-order chi connectivity index (χ0) is 9.42. The Labute approximate surface area is 75.6 Å². The summed E-state index contributed by atoms with van der Waals surface area (Å²) in [6, 6.07) is 3.02. The van der Waals surface area contributed by atoms with Gasteiger partial charge in [-0.05, 0) is 6.07 Å². The van der Waals surface area contributed by atoms with Crippen molar-refractivity contribution in [3.63, 3.8) is 0 Å². The standard InChI is InChI=1S/C9H11NO3/c10-7-4-13-9-2-8(12)5(3-11)1-6(7)9/h1-2,7,11-12H,3-4,10H2. The molecule has 1 heterocycles. The third-order valence-corrected chi connectivity index (χ3v) is 2.20. The van der Waals surface area contributed by atoms with E-state index in [0.717, 1.165) is 5.56 Å². The number of rotatable bonds is 1. The van der Waals surface area contributed by atoms with Gasteiger partial charge in [-0.2, -0.15) is 0 Å². The van der Waals surface area contributed by atoms with Gasteiger partial charge in [-0.3, -0.25) is 0 Å². The third kappa shape index (κ3) is 1.24. The molecule has 4 nitrogen and oxygen atoms in total. The van der Waals surface area contributed by atoms with Crippen LogP contribution in [0.5, 0.6) is 11.5 Å². The van der Waals surface area contributed by atoms with Crippen LogP contribution in [0, 0.1) is 0 Å². The number of hydrogen-bond donors (Lipinski definition) is 3. The Bertz CT molecular complexity index is 338. The molecule has 0 radical (unpaired) electrons. The summed E-state index contributed by atoms with van der Waals surface area (Å²) in [5.74, 6) is 0.664. The second-order valence-electron chi connectivity index (χ2n) is 3.09. The fourth-order valence-electron chi connectivity index (χ4n) is 1.44. The Morgan fingerprint density at radius 3 is 3.00 bits per heavy atom. The van der Waals surface area contributed by atoms with Crippen LogP contribution < -0.4 is 10.5 Å². The van der Waals surface area contributed by atoms with Crippen LogP contribution in [0.15, 0.2) is 12.1 Å². The molecule has 1 atom stereocenters. The van der Waals surface area contributed by atoms with Crippen molar-refractivity contribution in [2.45, 2.75) is 12.6 Å². The zero-order valence-electron chi connectivity index (χ0n) is 7.03. The van der Waals surface area contributed by atoms with Crippen LogP contribution in [0.2, 0.25) is 0 Å². The molecule has 1 aliphatic heterocycles. The SMILES string of the molecule is NC1COc2cc(O)c(CO)cc21. The number of phenols is 1. The van der Waals surface area contributed by atoms with Crippen molar-refractivity contribution in [2.75, 3.05) is 6.61 Å². The molecular weight excluding hydrogens is 170 g/mol. The van der Waals surface area contributed by atoms with Gasteiger partial charge in [-0.25, -0.2) is 0 Å². The quantitative estimate of drug-likeness (QED) is 0.581. The maximum atomic E-state index is 9.38. The third-order valence-electron chi connectivity index (χ3n) is 2.20. The van der Waals surface area contributed by atoms with Crippen molar-refractivity contribution in [3.8, 4) is 11.5 Å². The molecule has 4 N–H and O–H groups in total. The van der Waals surface area contributed by atoms with Crippen LogP contribution in [0.1, 0.15) is 17.2 Å². The summed E-state index contributed by atoms with van der Waals surface area (Å²) in [5.41, 5.74) is 7.07. The van der Waals surface area contributed by atoms with Gasteiger partial charge < -0.3 is 20.7 Å². The molecular formula is C9H11NO3. The molecule has 0 spiro atoms. The molecule has 4 heteroatoms. The molecule has 0 saturated carbocycles. The first-order valence-electron chi connectivity index (χ1n) is 4.07. The molecule has 0 fully saturated rings. The van der Waals surface area contributed by atoms with Crippen LogP contribution in [-0.2, 0) is 6.61 Å². The maximum Gasteiger partial charge on any atom is 0.128 e. The first-order chi connectivity index (χ1) is 6.22. The van der Waals surface area contributed by atoms with E-state index in [1.54, 1.807) is 6.07 Å². The van der Waals surface area contributed by atoms with Gasteiger partial charge in [0.05, 0.1) is 12.6 Å². The van der Waals surface area contributed by atoms with E-state index in [4.69, 9.17) is 15.6 Å². The summed E-state index contributed by atoms with van der Waals surface area (Å²) < 4.78 is 5.22. The molecule has 1 aromatic rings. The van der Waals surface area contributed by atoms with E-state index in [9.17, 15) is 5.11 Å². The minimum absolute atomic E-state index is 0.0513. The smallest absolute Gasteiger partial charge is 0.128 e. The molecule has 0 aliphatic carbocycles. The highest BCUT2D eigenvalue weighted by atomic mass is 16.5. The van der Waals surface area contributed by atoms with Crippen molar-refractivity contribution in [3.05, 3.63) is 23.3 Å². The Balaban J connectivity index is 2.51. The first kappa shape index (κ1) is 8.34. The largest absolute Gasteiger partial charge is 0.507 e. The average molecular weight is 181 g/mol. The highest BCUT2D eigenvalue weighted by Crippen LogP contribution is 2.35. The molecule has 1 unspecified atom stereocenters. The van der Waals surface area contributed by atoms with Gasteiger partial charge in [-0.15, -0.1) is 0 Å². The predicted octanol–water partition coefficient (Wildman–Crippen LogP) is 0.277. The Morgan fingerprint density at radius 2 is 2.31 bits per heavy atom. The van der Waals surface area contributed by atoms with Crippen LogP contribution in [0.4, 0.5) is 0 Å². The van der Waals surface area contributed by atoms with Crippen molar-refractivity contribution in [1.82, 2.24) is 0 Å². The van der Waals surface area contributed by atoms with Crippen LogP contribution in [0.25, 0.3) is 0 Å². The van der Waals surface area contributed by atoms with Crippen molar-refractivity contribution in [1.29, 1.82) is 0 Å². The van der Waals surface area contributed by atoms with Gasteiger partial charge in [0.1, 0.15) is 18.1 Å². The maximum absolute atomic E-state index is 9.38. The van der Waals surface area contributed by atoms with Crippen LogP contribution in [-0.4, -0.2) is 16.8 Å². The number of aliphatic hydroxyl groups is 1. The van der Waals surface area contributed by atoms with Crippen LogP contribution >= 0.6 is 0 Å². The molecule has 0 bridgehead atoms. The summed E-state index contributed by atoms with van der Waals surface area (Å²) in [4.78, 5) is 0. The Morgan fingerprint density at radius 1 is 1.54 bits per heavy atom. The van der Waals surface area contributed by atoms with E-state index in [-0.39, 0.29) is 18.4 Å².